The average Bonchev–Trinajstić information content (AvgIpc) is 2.48. The summed E-state index contributed by atoms with van der Waals surface area (Å²) in [5, 5.41) is 12.2. The van der Waals surface area contributed by atoms with Crippen LogP contribution in [0.1, 0.15) is 44.9 Å². The zero-order valence-electron chi connectivity index (χ0n) is 12.1. The molecule has 0 atom stereocenters. The zero-order valence-corrected chi connectivity index (χ0v) is 12.1. The van der Waals surface area contributed by atoms with Gasteiger partial charge >= 0.3 is 12.0 Å². The number of amides is 2. The van der Waals surface area contributed by atoms with Crippen molar-refractivity contribution < 1.29 is 19.4 Å². The Hall–Kier alpha value is -1.30. The van der Waals surface area contributed by atoms with Crippen LogP contribution in [-0.4, -0.2) is 53.8 Å². The van der Waals surface area contributed by atoms with Gasteiger partial charge in [0, 0.05) is 39.1 Å². The van der Waals surface area contributed by atoms with E-state index in [-0.39, 0.29) is 12.1 Å². The van der Waals surface area contributed by atoms with Gasteiger partial charge < -0.3 is 20.1 Å². The second kappa shape index (κ2) is 6.43. The van der Waals surface area contributed by atoms with Gasteiger partial charge in [0.05, 0.1) is 0 Å². The van der Waals surface area contributed by atoms with Crippen LogP contribution in [0.3, 0.4) is 0 Å². The first-order valence-corrected chi connectivity index (χ1v) is 7.41. The van der Waals surface area contributed by atoms with Gasteiger partial charge in [-0.3, -0.25) is 0 Å². The topological polar surface area (TPSA) is 78.9 Å². The summed E-state index contributed by atoms with van der Waals surface area (Å²) in [4.78, 5) is 25.5. The van der Waals surface area contributed by atoms with Gasteiger partial charge in [0.1, 0.15) is 5.54 Å². The molecule has 6 heteroatoms. The Morgan fingerprint density at radius 1 is 1.20 bits per heavy atom. The standard InChI is InChI=1S/C14H24N2O4/c1-16(11-5-3-2-4-6-11)13(19)15-14(12(17)18)7-9-20-10-8-14/h11H,2-10H2,1H3,(H,15,19)(H,17,18). The molecule has 1 heterocycles. The minimum absolute atomic E-state index is 0.231. The second-order valence-corrected chi connectivity index (χ2v) is 5.83. The van der Waals surface area contributed by atoms with E-state index in [4.69, 9.17) is 4.74 Å². The lowest BCUT2D eigenvalue weighted by molar-refractivity contribution is -0.148. The molecule has 2 amide bonds. The molecule has 2 aliphatic rings. The van der Waals surface area contributed by atoms with E-state index < -0.39 is 11.5 Å². The predicted octanol–water partition coefficient (Wildman–Crippen LogP) is 1.59. The molecule has 2 rings (SSSR count). The molecule has 6 nitrogen and oxygen atoms in total. The summed E-state index contributed by atoms with van der Waals surface area (Å²) < 4.78 is 5.21. The lowest BCUT2D eigenvalue weighted by Gasteiger charge is -2.37. The van der Waals surface area contributed by atoms with Crippen molar-refractivity contribution in [1.82, 2.24) is 10.2 Å². The van der Waals surface area contributed by atoms with Crippen LogP contribution in [0.4, 0.5) is 4.79 Å². The minimum atomic E-state index is -1.17. The van der Waals surface area contributed by atoms with Crippen molar-refractivity contribution >= 4 is 12.0 Å². The number of ether oxygens (including phenoxy) is 1. The van der Waals surface area contributed by atoms with Crippen molar-refractivity contribution in [2.75, 3.05) is 20.3 Å². The lowest BCUT2D eigenvalue weighted by atomic mass is 9.90. The number of carboxylic acids is 1. The monoisotopic (exact) mass is 284 g/mol. The molecule has 0 aromatic heterocycles. The number of nitrogens with zero attached hydrogens (tertiary/aromatic N) is 1. The Morgan fingerprint density at radius 3 is 2.35 bits per heavy atom. The van der Waals surface area contributed by atoms with E-state index >= 15 is 0 Å². The van der Waals surface area contributed by atoms with Crippen molar-refractivity contribution in [3.63, 3.8) is 0 Å². The Kier molecular flexibility index (Phi) is 4.86. The number of urea groups is 1. The maximum atomic E-state index is 12.3. The second-order valence-electron chi connectivity index (χ2n) is 5.83. The summed E-state index contributed by atoms with van der Waals surface area (Å²) in [6.07, 6.45) is 6.17. The fraction of sp³-hybridized carbons (Fsp3) is 0.857. The molecular formula is C14H24N2O4. The van der Waals surface area contributed by atoms with Crippen LogP contribution < -0.4 is 5.32 Å². The number of nitrogens with one attached hydrogen (secondary N) is 1. The number of rotatable bonds is 3. The van der Waals surface area contributed by atoms with E-state index in [1.807, 2.05) is 0 Å². The molecule has 0 unspecified atom stereocenters. The third kappa shape index (κ3) is 3.23. The van der Waals surface area contributed by atoms with Crippen molar-refractivity contribution in [3.05, 3.63) is 0 Å². The average molecular weight is 284 g/mol. The van der Waals surface area contributed by atoms with E-state index in [2.05, 4.69) is 5.32 Å². The molecule has 1 aliphatic carbocycles. The molecule has 1 saturated carbocycles. The van der Waals surface area contributed by atoms with Gasteiger partial charge in [-0.1, -0.05) is 19.3 Å². The summed E-state index contributed by atoms with van der Waals surface area (Å²) >= 11 is 0. The Morgan fingerprint density at radius 2 is 1.80 bits per heavy atom. The highest BCUT2D eigenvalue weighted by Gasteiger charge is 2.42. The number of aliphatic carboxylic acids is 1. The third-order valence-corrected chi connectivity index (χ3v) is 4.54. The maximum Gasteiger partial charge on any atom is 0.329 e. The van der Waals surface area contributed by atoms with Crippen molar-refractivity contribution in [2.24, 2.45) is 0 Å². The van der Waals surface area contributed by atoms with E-state index in [0.29, 0.717) is 26.1 Å². The molecule has 0 radical (unpaired) electrons. The predicted molar refractivity (Wildman–Crippen MR) is 73.6 cm³/mol. The van der Waals surface area contributed by atoms with E-state index in [0.717, 1.165) is 25.7 Å². The zero-order chi connectivity index (χ0) is 14.6. The van der Waals surface area contributed by atoms with Crippen molar-refractivity contribution in [3.8, 4) is 0 Å². The molecule has 0 aromatic carbocycles. The quantitative estimate of drug-likeness (QED) is 0.825. The van der Waals surface area contributed by atoms with Crippen molar-refractivity contribution in [1.29, 1.82) is 0 Å². The molecule has 2 N–H and O–H groups in total. The highest BCUT2D eigenvalue weighted by Crippen LogP contribution is 2.24. The third-order valence-electron chi connectivity index (χ3n) is 4.54. The van der Waals surface area contributed by atoms with E-state index in [1.54, 1.807) is 11.9 Å². The minimum Gasteiger partial charge on any atom is -0.480 e. The van der Waals surface area contributed by atoms with Crippen LogP contribution >= 0.6 is 0 Å². The van der Waals surface area contributed by atoms with Gasteiger partial charge in [-0.2, -0.15) is 0 Å². The Balaban J connectivity index is 1.98. The first-order valence-electron chi connectivity index (χ1n) is 7.41. The van der Waals surface area contributed by atoms with E-state index in [1.165, 1.54) is 6.42 Å². The van der Waals surface area contributed by atoms with Crippen LogP contribution in [0.15, 0.2) is 0 Å². The molecule has 1 saturated heterocycles. The first kappa shape index (κ1) is 15.1. The highest BCUT2D eigenvalue weighted by molar-refractivity contribution is 5.86. The molecule has 1 aliphatic heterocycles. The highest BCUT2D eigenvalue weighted by atomic mass is 16.5. The fourth-order valence-corrected chi connectivity index (χ4v) is 3.04. The van der Waals surface area contributed by atoms with Gasteiger partial charge in [0.15, 0.2) is 0 Å². The van der Waals surface area contributed by atoms with Gasteiger partial charge in [-0.15, -0.1) is 0 Å². The Labute approximate surface area is 119 Å². The number of carbonyl (C=O) groups is 2. The maximum absolute atomic E-state index is 12.3. The summed E-state index contributed by atoms with van der Waals surface area (Å²) in [7, 11) is 1.76. The number of hydrogen-bond acceptors (Lipinski definition) is 3. The summed E-state index contributed by atoms with van der Waals surface area (Å²) in [6, 6.07) is -0.0457. The summed E-state index contributed by atoms with van der Waals surface area (Å²) in [6.45, 7) is 0.749. The summed E-state index contributed by atoms with van der Waals surface area (Å²) in [5.74, 6) is -0.966. The van der Waals surface area contributed by atoms with Crippen LogP contribution in [0, 0.1) is 0 Å². The molecule has 2 fully saturated rings. The van der Waals surface area contributed by atoms with Crippen LogP contribution in [0.25, 0.3) is 0 Å². The molecule has 0 aromatic rings. The Bertz CT molecular complexity index is 360. The van der Waals surface area contributed by atoms with Gasteiger partial charge in [-0.05, 0) is 12.8 Å². The van der Waals surface area contributed by atoms with Crippen LogP contribution in [0.2, 0.25) is 0 Å². The molecule has 0 spiro atoms. The summed E-state index contributed by atoms with van der Waals surface area (Å²) in [5.41, 5.74) is -1.17. The van der Waals surface area contributed by atoms with Gasteiger partial charge in [0.25, 0.3) is 0 Å². The first-order chi connectivity index (χ1) is 9.55. The smallest absolute Gasteiger partial charge is 0.329 e. The number of hydrogen-bond donors (Lipinski definition) is 2. The largest absolute Gasteiger partial charge is 0.480 e. The van der Waals surface area contributed by atoms with Gasteiger partial charge in [0.2, 0.25) is 0 Å². The van der Waals surface area contributed by atoms with Crippen LogP contribution in [-0.2, 0) is 9.53 Å². The SMILES string of the molecule is CN(C(=O)NC1(C(=O)O)CCOCC1)C1CCCCC1. The normalized spacial score (nSPS) is 23.1. The molecule has 114 valence electrons. The molecule has 20 heavy (non-hydrogen) atoms. The van der Waals surface area contributed by atoms with Crippen LogP contribution in [0.5, 0.6) is 0 Å². The molecule has 0 bridgehead atoms. The van der Waals surface area contributed by atoms with Gasteiger partial charge in [-0.25, -0.2) is 9.59 Å². The fourth-order valence-electron chi connectivity index (χ4n) is 3.04. The lowest BCUT2D eigenvalue weighted by Crippen LogP contribution is -2.60. The van der Waals surface area contributed by atoms with Crippen molar-refractivity contribution in [2.45, 2.75) is 56.5 Å². The van der Waals surface area contributed by atoms with E-state index in [9.17, 15) is 14.7 Å². The number of carboxylic acid groups (broad SMARTS) is 1. The number of carbonyl (C=O) groups excluding carboxylic acids is 1. The molecular weight excluding hydrogens is 260 g/mol.